The van der Waals surface area contributed by atoms with Crippen LogP contribution in [0.2, 0.25) is 0 Å². The standard InChI is InChI=1S/C39H26O6/c40-38(41)26-9-17-31(18-10-26)44-29-13-5-24(6-14-29)34-21-22-35-33-4-2-1-3-28(33)23-36(35)37(34)25-7-15-30(16-8-25)45-32-19-11-27(12-20-32)39(42)43/h1-22H,23H2,(H,40,41)(H,42,43). The molecule has 0 spiro atoms. The third-order valence-electron chi connectivity index (χ3n) is 7.97. The summed E-state index contributed by atoms with van der Waals surface area (Å²) in [4.78, 5) is 22.3. The summed E-state index contributed by atoms with van der Waals surface area (Å²) >= 11 is 0. The van der Waals surface area contributed by atoms with Gasteiger partial charge in [0.15, 0.2) is 0 Å². The Bertz CT molecular complexity index is 2040. The number of benzene rings is 6. The lowest BCUT2D eigenvalue weighted by Gasteiger charge is -2.17. The van der Waals surface area contributed by atoms with E-state index in [1.54, 1.807) is 24.3 Å². The van der Waals surface area contributed by atoms with Crippen molar-refractivity contribution in [3.05, 3.63) is 156 Å². The number of carboxylic acids is 2. The summed E-state index contributed by atoms with van der Waals surface area (Å²) in [6.07, 6.45) is 0.830. The van der Waals surface area contributed by atoms with Crippen molar-refractivity contribution in [1.29, 1.82) is 0 Å². The second kappa shape index (κ2) is 11.5. The van der Waals surface area contributed by atoms with Crippen LogP contribution in [0.4, 0.5) is 0 Å². The fourth-order valence-electron chi connectivity index (χ4n) is 5.78. The van der Waals surface area contributed by atoms with Gasteiger partial charge in [-0.1, -0.05) is 60.7 Å². The van der Waals surface area contributed by atoms with E-state index in [1.165, 1.54) is 46.5 Å². The Morgan fingerprint density at radius 1 is 0.467 bits per heavy atom. The topological polar surface area (TPSA) is 93.1 Å². The van der Waals surface area contributed by atoms with E-state index in [0.717, 1.165) is 28.7 Å². The van der Waals surface area contributed by atoms with Gasteiger partial charge in [-0.15, -0.1) is 0 Å². The molecule has 0 unspecified atom stereocenters. The van der Waals surface area contributed by atoms with Gasteiger partial charge in [-0.25, -0.2) is 9.59 Å². The van der Waals surface area contributed by atoms with Gasteiger partial charge in [-0.3, -0.25) is 0 Å². The second-order valence-corrected chi connectivity index (χ2v) is 10.8. The summed E-state index contributed by atoms with van der Waals surface area (Å²) in [6, 6.07) is 41.4. The molecule has 0 amide bonds. The van der Waals surface area contributed by atoms with Crippen molar-refractivity contribution in [2.45, 2.75) is 6.42 Å². The largest absolute Gasteiger partial charge is 0.478 e. The minimum atomic E-state index is -0.978. The molecule has 0 aliphatic heterocycles. The molecule has 0 saturated carbocycles. The van der Waals surface area contributed by atoms with E-state index in [4.69, 9.17) is 19.7 Å². The fraction of sp³-hybridized carbons (Fsp3) is 0.0256. The molecular formula is C39H26O6. The molecule has 0 aromatic heterocycles. The van der Waals surface area contributed by atoms with Gasteiger partial charge in [-0.2, -0.15) is 0 Å². The van der Waals surface area contributed by atoms with Gasteiger partial charge in [-0.05, 0) is 124 Å². The normalized spacial score (nSPS) is 11.4. The van der Waals surface area contributed by atoms with E-state index in [2.05, 4.69) is 48.5 Å². The smallest absolute Gasteiger partial charge is 0.335 e. The summed E-state index contributed by atoms with van der Waals surface area (Å²) in [6.45, 7) is 0. The number of ether oxygens (including phenoxy) is 2. The first-order valence-corrected chi connectivity index (χ1v) is 14.4. The quantitative estimate of drug-likeness (QED) is 0.183. The highest BCUT2D eigenvalue weighted by Crippen LogP contribution is 2.46. The monoisotopic (exact) mass is 590 g/mol. The lowest BCUT2D eigenvalue weighted by atomic mass is 9.88. The molecule has 0 heterocycles. The van der Waals surface area contributed by atoms with Crippen molar-refractivity contribution in [2.75, 3.05) is 0 Å². The first kappa shape index (κ1) is 27.7. The molecule has 6 heteroatoms. The van der Waals surface area contributed by atoms with Crippen molar-refractivity contribution in [3.8, 4) is 56.4 Å². The second-order valence-electron chi connectivity index (χ2n) is 10.8. The highest BCUT2D eigenvalue weighted by Gasteiger charge is 2.24. The number of fused-ring (bicyclic) bond motifs is 3. The van der Waals surface area contributed by atoms with Crippen LogP contribution in [-0.4, -0.2) is 22.2 Å². The Kier molecular flexibility index (Phi) is 7.08. The van der Waals surface area contributed by atoms with Gasteiger partial charge in [0.25, 0.3) is 0 Å². The van der Waals surface area contributed by atoms with Gasteiger partial charge in [0.1, 0.15) is 23.0 Å². The van der Waals surface area contributed by atoms with E-state index in [1.807, 2.05) is 36.4 Å². The number of aromatic carboxylic acids is 2. The Morgan fingerprint density at radius 2 is 0.911 bits per heavy atom. The van der Waals surface area contributed by atoms with Gasteiger partial charge >= 0.3 is 11.9 Å². The highest BCUT2D eigenvalue weighted by molar-refractivity contribution is 5.94. The molecule has 7 rings (SSSR count). The van der Waals surface area contributed by atoms with E-state index in [-0.39, 0.29) is 11.1 Å². The minimum absolute atomic E-state index is 0.206. The third-order valence-corrected chi connectivity index (χ3v) is 7.97. The van der Waals surface area contributed by atoms with Crippen molar-refractivity contribution in [1.82, 2.24) is 0 Å². The van der Waals surface area contributed by atoms with Crippen molar-refractivity contribution < 1.29 is 29.3 Å². The van der Waals surface area contributed by atoms with Crippen LogP contribution in [0, 0.1) is 0 Å². The van der Waals surface area contributed by atoms with Crippen LogP contribution >= 0.6 is 0 Å². The SMILES string of the molecule is O=C(O)c1ccc(Oc2ccc(-c3ccc4c(c3-c3ccc(Oc5ccc(C(=O)O)cc5)cc3)Cc3ccccc3-4)cc2)cc1. The number of carbonyl (C=O) groups is 2. The number of hydrogen-bond donors (Lipinski definition) is 2. The zero-order chi connectivity index (χ0) is 30.9. The Morgan fingerprint density at radius 3 is 1.42 bits per heavy atom. The molecule has 6 nitrogen and oxygen atoms in total. The van der Waals surface area contributed by atoms with Gasteiger partial charge < -0.3 is 19.7 Å². The predicted molar refractivity (Wildman–Crippen MR) is 173 cm³/mol. The summed E-state index contributed by atoms with van der Waals surface area (Å²) in [5.74, 6) is 0.461. The van der Waals surface area contributed by atoms with Crippen LogP contribution in [0.5, 0.6) is 23.0 Å². The Balaban J connectivity index is 1.21. The molecule has 45 heavy (non-hydrogen) atoms. The molecular weight excluding hydrogens is 564 g/mol. The Labute approximate surface area is 259 Å². The molecule has 2 N–H and O–H groups in total. The molecule has 6 aromatic rings. The summed E-state index contributed by atoms with van der Waals surface area (Å²) < 4.78 is 12.0. The molecule has 0 atom stereocenters. The number of rotatable bonds is 8. The molecule has 0 bridgehead atoms. The minimum Gasteiger partial charge on any atom is -0.478 e. The maximum atomic E-state index is 11.2. The zero-order valence-corrected chi connectivity index (χ0v) is 23.9. The average Bonchev–Trinajstić information content (AvgIpc) is 3.44. The maximum absolute atomic E-state index is 11.2. The average molecular weight is 591 g/mol. The predicted octanol–water partition coefficient (Wildman–Crippen LogP) is 9.57. The van der Waals surface area contributed by atoms with Crippen LogP contribution in [0.1, 0.15) is 31.8 Å². The van der Waals surface area contributed by atoms with Gasteiger partial charge in [0, 0.05) is 0 Å². The summed E-state index contributed by atoms with van der Waals surface area (Å²) in [5, 5.41) is 18.3. The molecule has 218 valence electrons. The van der Waals surface area contributed by atoms with Crippen LogP contribution in [0.25, 0.3) is 33.4 Å². The van der Waals surface area contributed by atoms with E-state index < -0.39 is 11.9 Å². The van der Waals surface area contributed by atoms with Crippen molar-refractivity contribution >= 4 is 11.9 Å². The fourth-order valence-corrected chi connectivity index (χ4v) is 5.78. The molecule has 1 aliphatic rings. The first-order valence-electron chi connectivity index (χ1n) is 14.4. The van der Waals surface area contributed by atoms with Crippen molar-refractivity contribution in [2.24, 2.45) is 0 Å². The summed E-state index contributed by atoms with van der Waals surface area (Å²) in [7, 11) is 0. The van der Waals surface area contributed by atoms with Crippen LogP contribution in [0.3, 0.4) is 0 Å². The molecule has 0 radical (unpaired) electrons. The molecule has 0 saturated heterocycles. The van der Waals surface area contributed by atoms with E-state index in [9.17, 15) is 9.59 Å². The maximum Gasteiger partial charge on any atom is 0.335 e. The van der Waals surface area contributed by atoms with Crippen molar-refractivity contribution in [3.63, 3.8) is 0 Å². The third kappa shape index (κ3) is 5.53. The number of hydrogen-bond acceptors (Lipinski definition) is 4. The number of carboxylic acid groups (broad SMARTS) is 2. The molecule has 6 aromatic carbocycles. The van der Waals surface area contributed by atoms with Crippen LogP contribution in [0.15, 0.2) is 133 Å². The zero-order valence-electron chi connectivity index (χ0n) is 23.9. The summed E-state index contributed by atoms with van der Waals surface area (Å²) in [5.41, 5.74) is 9.81. The lowest BCUT2D eigenvalue weighted by molar-refractivity contribution is 0.0686. The van der Waals surface area contributed by atoms with Gasteiger partial charge in [0.05, 0.1) is 11.1 Å². The van der Waals surface area contributed by atoms with Gasteiger partial charge in [0.2, 0.25) is 0 Å². The van der Waals surface area contributed by atoms with E-state index in [0.29, 0.717) is 23.0 Å². The lowest BCUT2D eigenvalue weighted by Crippen LogP contribution is -1.95. The van der Waals surface area contributed by atoms with E-state index >= 15 is 0 Å². The first-order chi connectivity index (χ1) is 21.9. The molecule has 0 fully saturated rings. The highest BCUT2D eigenvalue weighted by atomic mass is 16.5. The Hall–Kier alpha value is -6.14. The van der Waals surface area contributed by atoms with Crippen LogP contribution in [-0.2, 0) is 6.42 Å². The van der Waals surface area contributed by atoms with Crippen LogP contribution < -0.4 is 9.47 Å². The molecule has 1 aliphatic carbocycles.